The molecule has 0 heterocycles. The second-order valence-corrected chi connectivity index (χ2v) is 8.92. The first-order chi connectivity index (χ1) is 13.7. The lowest BCUT2D eigenvalue weighted by Gasteiger charge is -2.22. The largest absolute Gasteiger partial charge is 0.465 e. The van der Waals surface area contributed by atoms with E-state index in [0.29, 0.717) is 12.5 Å². The van der Waals surface area contributed by atoms with Gasteiger partial charge >= 0.3 is 5.97 Å². The van der Waals surface area contributed by atoms with E-state index >= 15 is 0 Å². The van der Waals surface area contributed by atoms with E-state index in [9.17, 15) is 4.79 Å². The number of unbranched alkanes of at least 4 members (excludes halogenated alkanes) is 13. The molecule has 0 aliphatic rings. The molecule has 2 nitrogen and oxygen atoms in total. The first-order valence-corrected chi connectivity index (χ1v) is 12.8. The van der Waals surface area contributed by atoms with E-state index in [2.05, 4.69) is 27.7 Å². The average Bonchev–Trinajstić information content (AvgIpc) is 2.69. The standard InChI is InChI=1S/C26H52O2/c1-5-8-11-13-15-16-19-22-25(24(4)21-18-10-7-3)26(27)28-23-20-17-14-12-9-6-2/h24-25H,5-23H2,1-4H3. The third kappa shape index (κ3) is 16.4. The van der Waals surface area contributed by atoms with Gasteiger partial charge in [0.15, 0.2) is 0 Å². The number of carbonyl (C=O) groups excluding carboxylic acids is 1. The van der Waals surface area contributed by atoms with E-state index < -0.39 is 0 Å². The van der Waals surface area contributed by atoms with Gasteiger partial charge in [0, 0.05) is 0 Å². The third-order valence-corrected chi connectivity index (χ3v) is 6.11. The Morgan fingerprint density at radius 1 is 0.607 bits per heavy atom. The number of hydrogen-bond acceptors (Lipinski definition) is 2. The Hall–Kier alpha value is -0.530. The zero-order valence-corrected chi connectivity index (χ0v) is 19.9. The predicted molar refractivity (Wildman–Crippen MR) is 124 cm³/mol. The molecular weight excluding hydrogens is 344 g/mol. The Morgan fingerprint density at radius 2 is 1.04 bits per heavy atom. The lowest BCUT2D eigenvalue weighted by Crippen LogP contribution is -2.25. The van der Waals surface area contributed by atoms with Crippen molar-refractivity contribution in [2.24, 2.45) is 11.8 Å². The first-order valence-electron chi connectivity index (χ1n) is 12.8. The van der Waals surface area contributed by atoms with Gasteiger partial charge in [-0.05, 0) is 25.2 Å². The second kappa shape index (κ2) is 21.2. The summed E-state index contributed by atoms with van der Waals surface area (Å²) in [7, 11) is 0. The lowest BCUT2D eigenvalue weighted by molar-refractivity contribution is -0.151. The smallest absolute Gasteiger partial charge is 0.309 e. The summed E-state index contributed by atoms with van der Waals surface area (Å²) in [5, 5.41) is 0. The maximum absolute atomic E-state index is 12.7. The Morgan fingerprint density at radius 3 is 1.61 bits per heavy atom. The van der Waals surface area contributed by atoms with Crippen molar-refractivity contribution in [1.29, 1.82) is 0 Å². The zero-order chi connectivity index (χ0) is 20.9. The van der Waals surface area contributed by atoms with E-state index in [4.69, 9.17) is 4.74 Å². The highest BCUT2D eigenvalue weighted by Crippen LogP contribution is 2.26. The summed E-state index contributed by atoms with van der Waals surface area (Å²) in [4.78, 5) is 12.7. The minimum Gasteiger partial charge on any atom is -0.465 e. The molecule has 0 bridgehead atoms. The van der Waals surface area contributed by atoms with Crippen LogP contribution in [0.3, 0.4) is 0 Å². The minimum absolute atomic E-state index is 0.0866. The van der Waals surface area contributed by atoms with Crippen LogP contribution in [0.4, 0.5) is 0 Å². The number of hydrogen-bond donors (Lipinski definition) is 0. The van der Waals surface area contributed by atoms with Gasteiger partial charge in [-0.1, -0.05) is 124 Å². The van der Waals surface area contributed by atoms with Crippen LogP contribution in [0.5, 0.6) is 0 Å². The lowest BCUT2D eigenvalue weighted by atomic mass is 9.85. The number of rotatable bonds is 21. The molecule has 0 spiro atoms. The van der Waals surface area contributed by atoms with E-state index in [-0.39, 0.29) is 11.9 Å². The summed E-state index contributed by atoms with van der Waals surface area (Å²) in [6, 6.07) is 0. The van der Waals surface area contributed by atoms with Crippen molar-refractivity contribution < 1.29 is 9.53 Å². The van der Waals surface area contributed by atoms with Crippen molar-refractivity contribution in [2.45, 2.75) is 143 Å². The van der Waals surface area contributed by atoms with Crippen molar-refractivity contribution >= 4 is 5.97 Å². The van der Waals surface area contributed by atoms with Crippen molar-refractivity contribution in [3.8, 4) is 0 Å². The summed E-state index contributed by atoms with van der Waals surface area (Å²) in [5.74, 6) is 0.667. The molecule has 0 aliphatic carbocycles. The first kappa shape index (κ1) is 27.5. The highest BCUT2D eigenvalue weighted by Gasteiger charge is 2.25. The fourth-order valence-corrected chi connectivity index (χ4v) is 4.04. The molecule has 2 atom stereocenters. The number of carbonyl (C=O) groups is 1. The van der Waals surface area contributed by atoms with Crippen LogP contribution in [-0.2, 0) is 9.53 Å². The Labute approximate surface area is 177 Å². The summed E-state index contributed by atoms with van der Waals surface area (Å²) in [5.41, 5.74) is 0. The molecule has 0 fully saturated rings. The Balaban J connectivity index is 4.17. The summed E-state index contributed by atoms with van der Waals surface area (Å²) in [6.07, 6.45) is 22.6. The molecule has 28 heavy (non-hydrogen) atoms. The van der Waals surface area contributed by atoms with Gasteiger partial charge in [-0.15, -0.1) is 0 Å². The Bertz CT molecular complexity index is 326. The van der Waals surface area contributed by atoms with Crippen LogP contribution >= 0.6 is 0 Å². The zero-order valence-electron chi connectivity index (χ0n) is 19.9. The van der Waals surface area contributed by atoms with E-state index in [1.807, 2.05) is 0 Å². The molecule has 0 radical (unpaired) electrons. The van der Waals surface area contributed by atoms with Crippen molar-refractivity contribution in [2.75, 3.05) is 6.61 Å². The summed E-state index contributed by atoms with van der Waals surface area (Å²) < 4.78 is 5.71. The van der Waals surface area contributed by atoms with Crippen molar-refractivity contribution in [1.82, 2.24) is 0 Å². The molecule has 0 saturated carbocycles. The van der Waals surface area contributed by atoms with Gasteiger partial charge in [-0.2, -0.15) is 0 Å². The normalized spacial score (nSPS) is 13.4. The average molecular weight is 397 g/mol. The van der Waals surface area contributed by atoms with Gasteiger partial charge in [-0.25, -0.2) is 0 Å². The molecule has 0 rings (SSSR count). The quantitative estimate of drug-likeness (QED) is 0.143. The molecule has 0 aromatic carbocycles. The van der Waals surface area contributed by atoms with Crippen LogP contribution < -0.4 is 0 Å². The van der Waals surface area contributed by atoms with Crippen LogP contribution in [0, 0.1) is 11.8 Å². The van der Waals surface area contributed by atoms with Crippen molar-refractivity contribution in [3.05, 3.63) is 0 Å². The fraction of sp³-hybridized carbons (Fsp3) is 0.962. The molecule has 0 aromatic rings. The van der Waals surface area contributed by atoms with Gasteiger partial charge in [-0.3, -0.25) is 4.79 Å². The van der Waals surface area contributed by atoms with Gasteiger partial charge in [0.05, 0.1) is 12.5 Å². The van der Waals surface area contributed by atoms with Crippen LogP contribution in [0.25, 0.3) is 0 Å². The fourth-order valence-electron chi connectivity index (χ4n) is 4.04. The summed E-state index contributed by atoms with van der Waals surface area (Å²) >= 11 is 0. The molecule has 0 aliphatic heterocycles. The highest BCUT2D eigenvalue weighted by atomic mass is 16.5. The predicted octanol–water partition coefficient (Wildman–Crippen LogP) is 8.86. The molecule has 0 N–H and O–H groups in total. The molecule has 0 aromatic heterocycles. The van der Waals surface area contributed by atoms with Gasteiger partial charge in [0.1, 0.15) is 0 Å². The van der Waals surface area contributed by atoms with E-state index in [0.717, 1.165) is 12.8 Å². The maximum Gasteiger partial charge on any atom is 0.309 e. The molecule has 0 saturated heterocycles. The van der Waals surface area contributed by atoms with E-state index in [1.54, 1.807) is 0 Å². The van der Waals surface area contributed by atoms with Crippen molar-refractivity contribution in [3.63, 3.8) is 0 Å². The highest BCUT2D eigenvalue weighted by molar-refractivity contribution is 5.72. The van der Waals surface area contributed by atoms with Crippen LogP contribution in [0.2, 0.25) is 0 Å². The Kier molecular flexibility index (Phi) is 20.8. The van der Waals surface area contributed by atoms with Crippen LogP contribution in [0.15, 0.2) is 0 Å². The summed E-state index contributed by atoms with van der Waals surface area (Å²) in [6.45, 7) is 9.65. The van der Waals surface area contributed by atoms with Crippen LogP contribution in [-0.4, -0.2) is 12.6 Å². The molecule has 0 amide bonds. The third-order valence-electron chi connectivity index (χ3n) is 6.11. The topological polar surface area (TPSA) is 26.3 Å². The molecule has 2 heteroatoms. The van der Waals surface area contributed by atoms with Gasteiger partial charge in [0.2, 0.25) is 0 Å². The SMILES string of the molecule is CCCCCCCCCC(C(=O)OCCCCCCCC)C(C)CCCCC. The van der Waals surface area contributed by atoms with Gasteiger partial charge < -0.3 is 4.74 Å². The van der Waals surface area contributed by atoms with Crippen LogP contribution in [0.1, 0.15) is 143 Å². The monoisotopic (exact) mass is 396 g/mol. The van der Waals surface area contributed by atoms with E-state index in [1.165, 1.54) is 103 Å². The van der Waals surface area contributed by atoms with Gasteiger partial charge in [0.25, 0.3) is 0 Å². The maximum atomic E-state index is 12.7. The molecule has 168 valence electrons. The minimum atomic E-state index is 0.0866. The second-order valence-electron chi connectivity index (χ2n) is 8.92. The molecular formula is C26H52O2. The number of esters is 1. The molecule has 2 unspecified atom stereocenters. The number of ether oxygens (including phenoxy) is 1.